The van der Waals surface area contributed by atoms with Crippen LogP contribution in [0.15, 0.2) is 24.3 Å². The fourth-order valence-electron chi connectivity index (χ4n) is 3.29. The molecule has 1 aliphatic heterocycles. The molecule has 2 nitrogen and oxygen atoms in total. The Bertz CT molecular complexity index is 373. The Balaban J connectivity index is 1.98. The van der Waals surface area contributed by atoms with Crippen LogP contribution < -0.4 is 5.32 Å². The van der Waals surface area contributed by atoms with Gasteiger partial charge in [-0.25, -0.2) is 0 Å². The first-order chi connectivity index (χ1) is 7.28. The predicted octanol–water partition coefficient (Wildman–Crippen LogP) is 2.18. The third-order valence-electron chi connectivity index (χ3n) is 4.10. The number of nitrogens with one attached hydrogen (secondary N) is 1. The van der Waals surface area contributed by atoms with E-state index < -0.39 is 0 Å². The molecule has 2 fully saturated rings. The molecule has 2 bridgehead atoms. The highest BCUT2D eigenvalue weighted by molar-refractivity contribution is 5.35. The van der Waals surface area contributed by atoms with Crippen LogP contribution in [0.2, 0.25) is 0 Å². The Hall–Kier alpha value is -1.02. The van der Waals surface area contributed by atoms with Crippen LogP contribution in [-0.2, 0) is 5.41 Å². The summed E-state index contributed by atoms with van der Waals surface area (Å²) in [5.41, 5.74) is 1.70. The maximum Gasteiger partial charge on any atom is 0.115 e. The molecule has 2 N–H and O–H groups in total. The molecule has 2 heteroatoms. The Kier molecular flexibility index (Phi) is 1.99. The van der Waals surface area contributed by atoms with Gasteiger partial charge in [-0.1, -0.05) is 12.1 Å². The average Bonchev–Trinajstić information content (AvgIpc) is 2.56. The maximum atomic E-state index is 9.55. The molecule has 0 spiro atoms. The molecule has 3 rings (SSSR count). The van der Waals surface area contributed by atoms with Crippen LogP contribution in [0.1, 0.15) is 31.2 Å². The number of rotatable bonds is 1. The first-order valence-corrected chi connectivity index (χ1v) is 5.81. The van der Waals surface area contributed by atoms with Crippen molar-refractivity contribution in [2.45, 2.75) is 37.1 Å². The van der Waals surface area contributed by atoms with Crippen LogP contribution >= 0.6 is 0 Å². The van der Waals surface area contributed by atoms with Crippen LogP contribution in [-0.4, -0.2) is 17.7 Å². The van der Waals surface area contributed by atoms with Gasteiger partial charge in [0.15, 0.2) is 0 Å². The molecular weight excluding hydrogens is 186 g/mol. The summed E-state index contributed by atoms with van der Waals surface area (Å²) < 4.78 is 0. The second-order valence-electron chi connectivity index (χ2n) is 4.97. The molecule has 0 amide bonds. The quantitative estimate of drug-likeness (QED) is 0.733. The molecule has 80 valence electrons. The fraction of sp³-hybridized carbons (Fsp3) is 0.538. The zero-order chi connectivity index (χ0) is 10.3. The van der Waals surface area contributed by atoms with E-state index >= 15 is 0 Å². The SMILES string of the molecule is Oc1cccc(C23CCNC(CC2)C3)c1. The summed E-state index contributed by atoms with van der Waals surface area (Å²) in [7, 11) is 0. The van der Waals surface area contributed by atoms with Gasteiger partial charge < -0.3 is 10.4 Å². The molecule has 2 atom stereocenters. The van der Waals surface area contributed by atoms with Gasteiger partial charge in [0.2, 0.25) is 0 Å². The van der Waals surface area contributed by atoms with Crippen molar-refractivity contribution < 1.29 is 5.11 Å². The summed E-state index contributed by atoms with van der Waals surface area (Å²) in [5.74, 6) is 0.406. The van der Waals surface area contributed by atoms with Crippen molar-refractivity contribution in [3.63, 3.8) is 0 Å². The zero-order valence-electron chi connectivity index (χ0n) is 8.87. The third kappa shape index (κ3) is 1.44. The average molecular weight is 203 g/mol. The molecule has 1 saturated heterocycles. The first kappa shape index (κ1) is 9.22. The summed E-state index contributed by atoms with van der Waals surface area (Å²) >= 11 is 0. The van der Waals surface area contributed by atoms with Crippen molar-refractivity contribution in [2.75, 3.05) is 6.54 Å². The molecular formula is C13H17NO. The highest BCUT2D eigenvalue weighted by Gasteiger charge is 2.42. The summed E-state index contributed by atoms with van der Waals surface area (Å²) in [4.78, 5) is 0. The van der Waals surface area contributed by atoms with E-state index in [1.807, 2.05) is 12.1 Å². The first-order valence-electron chi connectivity index (χ1n) is 5.81. The van der Waals surface area contributed by atoms with E-state index in [4.69, 9.17) is 0 Å². The number of aromatic hydroxyl groups is 1. The number of fused-ring (bicyclic) bond motifs is 2. The fourth-order valence-corrected chi connectivity index (χ4v) is 3.29. The normalized spacial score (nSPS) is 34.3. The number of phenols is 1. The van der Waals surface area contributed by atoms with Crippen LogP contribution in [0.5, 0.6) is 5.75 Å². The van der Waals surface area contributed by atoms with E-state index in [1.54, 1.807) is 6.07 Å². The van der Waals surface area contributed by atoms with Crippen LogP contribution in [0.3, 0.4) is 0 Å². The van der Waals surface area contributed by atoms with Crippen molar-refractivity contribution in [1.82, 2.24) is 5.32 Å². The molecule has 0 radical (unpaired) electrons. The minimum atomic E-state index is 0.356. The lowest BCUT2D eigenvalue weighted by Gasteiger charge is -2.34. The Morgan fingerprint density at radius 2 is 2.27 bits per heavy atom. The number of benzene rings is 1. The maximum absolute atomic E-state index is 9.55. The van der Waals surface area contributed by atoms with Gasteiger partial charge >= 0.3 is 0 Å². The van der Waals surface area contributed by atoms with Crippen LogP contribution in [0, 0.1) is 0 Å². The smallest absolute Gasteiger partial charge is 0.115 e. The molecule has 1 saturated carbocycles. The lowest BCUT2D eigenvalue weighted by atomic mass is 9.74. The number of piperidine rings is 1. The molecule has 1 aromatic carbocycles. The standard InChI is InChI=1S/C13H17NO/c15-12-3-1-2-10(8-12)13-5-4-11(9-13)14-7-6-13/h1-3,8,11,14-15H,4-7,9H2. The van der Waals surface area contributed by atoms with Crippen molar-refractivity contribution in [1.29, 1.82) is 0 Å². The van der Waals surface area contributed by atoms with E-state index in [0.29, 0.717) is 17.2 Å². The molecule has 1 aromatic rings. The lowest BCUT2D eigenvalue weighted by molar-refractivity contribution is 0.330. The van der Waals surface area contributed by atoms with E-state index in [9.17, 15) is 5.11 Å². The lowest BCUT2D eigenvalue weighted by Crippen LogP contribution is -2.39. The van der Waals surface area contributed by atoms with Crippen molar-refractivity contribution >= 4 is 0 Å². The second kappa shape index (κ2) is 3.24. The van der Waals surface area contributed by atoms with E-state index in [0.717, 1.165) is 6.54 Å². The summed E-state index contributed by atoms with van der Waals surface area (Å²) in [6.45, 7) is 1.13. The van der Waals surface area contributed by atoms with E-state index in [1.165, 1.54) is 31.2 Å². The van der Waals surface area contributed by atoms with Gasteiger partial charge in [-0.2, -0.15) is 0 Å². The molecule has 2 aliphatic rings. The monoisotopic (exact) mass is 203 g/mol. The topological polar surface area (TPSA) is 32.3 Å². The van der Waals surface area contributed by atoms with Gasteiger partial charge in [-0.05, 0) is 55.3 Å². The van der Waals surface area contributed by atoms with E-state index in [-0.39, 0.29) is 0 Å². The largest absolute Gasteiger partial charge is 0.508 e. The molecule has 1 aliphatic carbocycles. The predicted molar refractivity (Wildman–Crippen MR) is 60.0 cm³/mol. The van der Waals surface area contributed by atoms with Crippen molar-refractivity contribution in [3.05, 3.63) is 29.8 Å². The van der Waals surface area contributed by atoms with Gasteiger partial charge in [0.1, 0.15) is 5.75 Å². The van der Waals surface area contributed by atoms with Crippen LogP contribution in [0.4, 0.5) is 0 Å². The Labute approximate surface area is 90.3 Å². The summed E-state index contributed by atoms with van der Waals surface area (Å²) in [6.07, 6.45) is 5.02. The van der Waals surface area contributed by atoms with Crippen molar-refractivity contribution in [2.24, 2.45) is 0 Å². The van der Waals surface area contributed by atoms with Gasteiger partial charge in [0, 0.05) is 6.04 Å². The van der Waals surface area contributed by atoms with E-state index in [2.05, 4.69) is 11.4 Å². The Morgan fingerprint density at radius 1 is 1.33 bits per heavy atom. The van der Waals surface area contributed by atoms with Crippen molar-refractivity contribution in [3.8, 4) is 5.75 Å². The molecule has 2 unspecified atom stereocenters. The second-order valence-corrected chi connectivity index (χ2v) is 4.97. The van der Waals surface area contributed by atoms with Gasteiger partial charge in [-0.15, -0.1) is 0 Å². The minimum Gasteiger partial charge on any atom is -0.508 e. The highest BCUT2D eigenvalue weighted by Crippen LogP contribution is 2.46. The zero-order valence-corrected chi connectivity index (χ0v) is 8.87. The number of hydrogen-bond acceptors (Lipinski definition) is 2. The highest BCUT2D eigenvalue weighted by atomic mass is 16.3. The van der Waals surface area contributed by atoms with Gasteiger partial charge in [0.25, 0.3) is 0 Å². The number of phenolic OH excluding ortho intramolecular Hbond substituents is 1. The van der Waals surface area contributed by atoms with Gasteiger partial charge in [-0.3, -0.25) is 0 Å². The molecule has 1 heterocycles. The number of hydrogen-bond donors (Lipinski definition) is 2. The third-order valence-corrected chi connectivity index (χ3v) is 4.10. The summed E-state index contributed by atoms with van der Waals surface area (Å²) in [5, 5.41) is 13.1. The minimum absolute atomic E-state index is 0.356. The molecule has 0 aromatic heterocycles. The molecule has 15 heavy (non-hydrogen) atoms. The van der Waals surface area contributed by atoms with Crippen LogP contribution in [0.25, 0.3) is 0 Å². The summed E-state index contributed by atoms with van der Waals surface area (Å²) in [6, 6.07) is 8.56. The Morgan fingerprint density at radius 3 is 3.13 bits per heavy atom. The van der Waals surface area contributed by atoms with Gasteiger partial charge in [0.05, 0.1) is 0 Å².